The molecule has 1 aromatic carbocycles. The zero-order valence-electron chi connectivity index (χ0n) is 20.0. The number of carbonyl (C=O) groups is 2. The van der Waals surface area contributed by atoms with Crippen molar-refractivity contribution >= 4 is 28.7 Å². The molecular weight excluding hydrogens is 513 g/mol. The van der Waals surface area contributed by atoms with Crippen LogP contribution in [-0.4, -0.2) is 53.2 Å². The van der Waals surface area contributed by atoms with Crippen molar-refractivity contribution in [2.75, 3.05) is 24.5 Å². The number of pyridine rings is 2. The lowest BCUT2D eigenvalue weighted by Gasteiger charge is -2.21. The van der Waals surface area contributed by atoms with Gasteiger partial charge in [-0.1, -0.05) is 6.92 Å². The second-order valence-electron chi connectivity index (χ2n) is 9.37. The number of nitrogens with one attached hydrogen (secondary N) is 2. The second-order valence-corrected chi connectivity index (χ2v) is 9.37. The number of hydrogen-bond acceptors (Lipinski definition) is 5. The van der Waals surface area contributed by atoms with Crippen molar-refractivity contribution in [2.24, 2.45) is 11.8 Å². The van der Waals surface area contributed by atoms with Crippen LogP contribution in [0.3, 0.4) is 0 Å². The predicted molar refractivity (Wildman–Crippen MR) is 127 cm³/mol. The normalized spacial score (nSPS) is 19.9. The van der Waals surface area contributed by atoms with Crippen LogP contribution >= 0.6 is 0 Å². The van der Waals surface area contributed by atoms with Gasteiger partial charge in [-0.2, -0.15) is 13.2 Å². The summed E-state index contributed by atoms with van der Waals surface area (Å²) in [4.78, 5) is 44.5. The van der Waals surface area contributed by atoms with E-state index in [2.05, 4.69) is 10.3 Å². The van der Waals surface area contributed by atoms with Crippen LogP contribution in [0.25, 0.3) is 16.7 Å². The second kappa shape index (κ2) is 9.37. The Bertz CT molecular complexity index is 1510. The third-order valence-corrected chi connectivity index (χ3v) is 7.00. The van der Waals surface area contributed by atoms with E-state index in [1.807, 2.05) is 10.2 Å². The summed E-state index contributed by atoms with van der Waals surface area (Å²) in [5, 5.41) is 4.47. The molecule has 3 aromatic rings. The summed E-state index contributed by atoms with van der Waals surface area (Å²) in [6, 6.07) is 3.28. The molecule has 38 heavy (non-hydrogen) atoms. The predicted octanol–water partition coefficient (Wildman–Crippen LogP) is 2.92. The SMILES string of the molecule is CC[C@@H](NC(=O)c1cn(-c2ccc(F)cc2F)c2nc(N3CC4CNC(=O)[C@H]4C3)ccc2c1=O)C(F)(F)F. The zero-order chi connectivity index (χ0) is 27.4. The number of benzene rings is 1. The van der Waals surface area contributed by atoms with Gasteiger partial charge in [0, 0.05) is 37.8 Å². The molecule has 200 valence electrons. The largest absolute Gasteiger partial charge is 0.408 e. The van der Waals surface area contributed by atoms with Gasteiger partial charge in [-0.15, -0.1) is 0 Å². The van der Waals surface area contributed by atoms with Gasteiger partial charge in [-0.25, -0.2) is 13.8 Å². The number of alkyl halides is 3. The van der Waals surface area contributed by atoms with Crippen molar-refractivity contribution in [2.45, 2.75) is 25.6 Å². The molecule has 2 fully saturated rings. The molecule has 0 bridgehead atoms. The fourth-order valence-corrected chi connectivity index (χ4v) is 4.97. The molecule has 1 unspecified atom stereocenters. The van der Waals surface area contributed by atoms with E-state index in [-0.39, 0.29) is 34.5 Å². The number of amides is 2. The zero-order valence-corrected chi connectivity index (χ0v) is 20.0. The average Bonchev–Trinajstić information content (AvgIpc) is 3.44. The van der Waals surface area contributed by atoms with Gasteiger partial charge in [0.25, 0.3) is 5.91 Å². The molecule has 2 aromatic heterocycles. The fourth-order valence-electron chi connectivity index (χ4n) is 4.97. The monoisotopic (exact) mass is 535 g/mol. The standard InChI is InChI=1S/C25H22F5N5O3/c1-2-19(25(28,29)30)32-24(38)16-11-35(18-5-3-13(26)7-17(18)27)22-14(21(16)36)4-6-20(33-22)34-9-12-8-31-23(37)15(12)10-34/h3-7,11-12,15,19H,2,8-10H2,1H3,(H,31,37)(H,32,38)/t12?,15-,19+/m0/s1. The van der Waals surface area contributed by atoms with E-state index in [0.717, 1.165) is 22.9 Å². The highest BCUT2D eigenvalue weighted by molar-refractivity contribution is 5.97. The molecule has 2 N–H and O–H groups in total. The Morgan fingerprint density at radius 2 is 1.95 bits per heavy atom. The van der Waals surface area contributed by atoms with Crippen molar-refractivity contribution in [3.8, 4) is 5.69 Å². The van der Waals surface area contributed by atoms with E-state index in [1.165, 1.54) is 19.1 Å². The number of nitrogens with zero attached hydrogens (tertiary/aromatic N) is 3. The van der Waals surface area contributed by atoms with Crippen LogP contribution < -0.4 is 21.0 Å². The Morgan fingerprint density at radius 1 is 1.18 bits per heavy atom. The quantitative estimate of drug-likeness (QED) is 0.490. The van der Waals surface area contributed by atoms with Gasteiger partial charge < -0.3 is 15.5 Å². The Kier molecular flexibility index (Phi) is 6.32. The van der Waals surface area contributed by atoms with Gasteiger partial charge >= 0.3 is 6.18 Å². The molecule has 0 spiro atoms. The van der Waals surface area contributed by atoms with Crippen LogP contribution in [-0.2, 0) is 4.79 Å². The van der Waals surface area contributed by atoms with Gasteiger partial charge in [-0.05, 0) is 30.7 Å². The molecule has 8 nitrogen and oxygen atoms in total. The highest BCUT2D eigenvalue weighted by Gasteiger charge is 2.43. The van der Waals surface area contributed by atoms with Crippen LogP contribution in [0.1, 0.15) is 23.7 Å². The number of hydrogen-bond donors (Lipinski definition) is 2. The first-order valence-electron chi connectivity index (χ1n) is 11.9. The number of carbonyl (C=O) groups excluding carboxylic acids is 2. The summed E-state index contributed by atoms with van der Waals surface area (Å²) in [7, 11) is 0. The smallest absolute Gasteiger partial charge is 0.355 e. The molecule has 5 rings (SSSR count). The molecule has 0 aliphatic carbocycles. The van der Waals surface area contributed by atoms with Crippen molar-refractivity contribution in [1.29, 1.82) is 0 Å². The summed E-state index contributed by atoms with van der Waals surface area (Å²) in [6.07, 6.45) is -4.31. The molecular formula is C25H22F5N5O3. The molecule has 2 amide bonds. The first-order chi connectivity index (χ1) is 18.0. The van der Waals surface area contributed by atoms with Crippen molar-refractivity contribution in [3.05, 3.63) is 63.9 Å². The number of fused-ring (bicyclic) bond motifs is 2. The Hall–Kier alpha value is -4.03. The van der Waals surface area contributed by atoms with Crippen molar-refractivity contribution in [1.82, 2.24) is 20.2 Å². The summed E-state index contributed by atoms with van der Waals surface area (Å²) in [6.45, 7) is 2.63. The Labute approximate surface area is 212 Å². The number of rotatable bonds is 5. The molecule has 3 atom stereocenters. The van der Waals surface area contributed by atoms with Gasteiger partial charge in [0.2, 0.25) is 11.3 Å². The van der Waals surface area contributed by atoms with E-state index < -0.39 is 47.2 Å². The lowest BCUT2D eigenvalue weighted by molar-refractivity contribution is -0.153. The maximum absolute atomic E-state index is 14.8. The maximum atomic E-state index is 14.8. The third kappa shape index (κ3) is 4.45. The highest BCUT2D eigenvalue weighted by Crippen LogP contribution is 2.31. The van der Waals surface area contributed by atoms with E-state index in [4.69, 9.17) is 0 Å². The van der Waals surface area contributed by atoms with Gasteiger partial charge in [0.05, 0.1) is 17.0 Å². The van der Waals surface area contributed by atoms with Gasteiger partial charge in [0.1, 0.15) is 29.1 Å². The van der Waals surface area contributed by atoms with Crippen LogP contribution in [0.4, 0.5) is 27.8 Å². The topological polar surface area (TPSA) is 96.3 Å². The van der Waals surface area contributed by atoms with E-state index in [0.29, 0.717) is 31.5 Å². The minimum atomic E-state index is -4.75. The van der Waals surface area contributed by atoms with Crippen LogP contribution in [0.15, 0.2) is 41.3 Å². The maximum Gasteiger partial charge on any atom is 0.408 e. The van der Waals surface area contributed by atoms with Crippen LogP contribution in [0, 0.1) is 23.5 Å². The lowest BCUT2D eigenvalue weighted by Crippen LogP contribution is -2.46. The molecule has 0 saturated carbocycles. The van der Waals surface area contributed by atoms with Crippen molar-refractivity contribution < 1.29 is 31.5 Å². The lowest BCUT2D eigenvalue weighted by atomic mass is 10.0. The molecule has 4 heterocycles. The molecule has 2 aliphatic rings. The van der Waals surface area contributed by atoms with Gasteiger partial charge in [-0.3, -0.25) is 19.0 Å². The molecule has 2 saturated heterocycles. The third-order valence-electron chi connectivity index (χ3n) is 7.00. The van der Waals surface area contributed by atoms with E-state index in [9.17, 15) is 36.3 Å². The van der Waals surface area contributed by atoms with Crippen molar-refractivity contribution in [3.63, 3.8) is 0 Å². The van der Waals surface area contributed by atoms with Crippen LogP contribution in [0.2, 0.25) is 0 Å². The summed E-state index contributed by atoms with van der Waals surface area (Å²) < 4.78 is 69.3. The summed E-state index contributed by atoms with van der Waals surface area (Å²) >= 11 is 0. The Morgan fingerprint density at radius 3 is 2.61 bits per heavy atom. The van der Waals surface area contributed by atoms with E-state index in [1.54, 1.807) is 0 Å². The molecule has 13 heteroatoms. The number of halogens is 5. The minimum absolute atomic E-state index is 0.0662. The first kappa shape index (κ1) is 25.6. The number of anilines is 1. The van der Waals surface area contributed by atoms with Crippen LogP contribution in [0.5, 0.6) is 0 Å². The molecule has 0 radical (unpaired) electrons. The Balaban J connectivity index is 1.64. The fraction of sp³-hybridized carbons (Fsp3) is 0.360. The highest BCUT2D eigenvalue weighted by atomic mass is 19.4. The van der Waals surface area contributed by atoms with E-state index >= 15 is 0 Å². The average molecular weight is 535 g/mol. The first-order valence-corrected chi connectivity index (χ1v) is 11.9. The summed E-state index contributed by atoms with van der Waals surface area (Å²) in [5.41, 5.74) is -1.91. The van der Waals surface area contributed by atoms with Gasteiger partial charge in [0.15, 0.2) is 5.65 Å². The molecule has 2 aliphatic heterocycles. The minimum Gasteiger partial charge on any atom is -0.355 e. The number of aromatic nitrogens is 2. The summed E-state index contributed by atoms with van der Waals surface area (Å²) in [5.74, 6) is -3.04.